The summed E-state index contributed by atoms with van der Waals surface area (Å²) in [6, 6.07) is 7.40. The number of hydrogen-bond donors (Lipinski definition) is 1. The molecule has 1 aromatic carbocycles. The van der Waals surface area contributed by atoms with Crippen LogP contribution in [0.5, 0.6) is 0 Å². The maximum absolute atomic E-state index is 12.7. The molecule has 0 unspecified atom stereocenters. The number of hydrogen-bond acceptors (Lipinski definition) is 4. The lowest BCUT2D eigenvalue weighted by Crippen LogP contribution is -2.53. The molecule has 1 aromatic rings. The Morgan fingerprint density at radius 1 is 1.04 bits per heavy atom. The Hall–Kier alpha value is -2.47. The minimum Gasteiger partial charge on any atom is -0.368 e. The van der Waals surface area contributed by atoms with Gasteiger partial charge in [-0.1, -0.05) is 36.4 Å². The third-order valence-corrected chi connectivity index (χ3v) is 5.60. The molecule has 0 radical (unpaired) electrons. The number of allylic oxidation sites excluding steroid dienone is 2. The molecule has 3 aliphatic rings. The number of nitrogens with zero attached hydrogens (tertiary/aromatic N) is 2. The maximum atomic E-state index is 12.7. The second-order valence-corrected chi connectivity index (χ2v) is 7.04. The van der Waals surface area contributed by atoms with Crippen molar-refractivity contribution in [2.45, 2.75) is 31.8 Å². The highest BCUT2D eigenvalue weighted by Gasteiger charge is 2.48. The topological polar surface area (TPSA) is 83.7 Å². The first-order chi connectivity index (χ1) is 12.1. The molecule has 2 aliphatic heterocycles. The zero-order valence-electron chi connectivity index (χ0n) is 13.9. The molecule has 25 heavy (non-hydrogen) atoms. The van der Waals surface area contributed by atoms with Gasteiger partial charge in [-0.25, -0.2) is 0 Å². The van der Waals surface area contributed by atoms with Crippen molar-refractivity contribution >= 4 is 17.7 Å². The van der Waals surface area contributed by atoms with Gasteiger partial charge in [0.05, 0.1) is 24.5 Å². The van der Waals surface area contributed by atoms with Gasteiger partial charge in [-0.15, -0.1) is 0 Å². The molecule has 0 aromatic heterocycles. The summed E-state index contributed by atoms with van der Waals surface area (Å²) in [6.07, 6.45) is 5.69. The highest BCUT2D eigenvalue weighted by atomic mass is 16.2. The fraction of sp³-hybridized carbons (Fsp3) is 0.421. The van der Waals surface area contributed by atoms with Crippen molar-refractivity contribution in [2.24, 2.45) is 17.6 Å². The first-order valence-electron chi connectivity index (χ1n) is 8.66. The summed E-state index contributed by atoms with van der Waals surface area (Å²) >= 11 is 0. The van der Waals surface area contributed by atoms with E-state index in [9.17, 15) is 14.4 Å². The van der Waals surface area contributed by atoms with Gasteiger partial charge in [0.15, 0.2) is 0 Å². The van der Waals surface area contributed by atoms with Gasteiger partial charge in [-0.05, 0) is 30.4 Å². The molecular formula is C19H21N3O3. The molecule has 1 saturated heterocycles. The van der Waals surface area contributed by atoms with Gasteiger partial charge in [-0.3, -0.25) is 24.2 Å². The lowest BCUT2D eigenvalue weighted by molar-refractivity contribution is -0.145. The number of carbonyl (C=O) groups is 3. The van der Waals surface area contributed by atoms with E-state index < -0.39 is 11.9 Å². The summed E-state index contributed by atoms with van der Waals surface area (Å²) in [7, 11) is 0. The van der Waals surface area contributed by atoms with Gasteiger partial charge < -0.3 is 5.73 Å². The normalized spacial score (nSPS) is 28.8. The van der Waals surface area contributed by atoms with Crippen LogP contribution in [-0.2, 0) is 27.3 Å². The van der Waals surface area contributed by atoms with E-state index in [4.69, 9.17) is 5.73 Å². The number of likely N-dealkylation sites (tertiary alicyclic amines) is 1. The third-order valence-electron chi connectivity index (χ3n) is 5.60. The zero-order chi connectivity index (χ0) is 17.6. The van der Waals surface area contributed by atoms with Crippen molar-refractivity contribution in [2.75, 3.05) is 6.67 Å². The van der Waals surface area contributed by atoms with E-state index in [1.807, 2.05) is 41.3 Å². The summed E-state index contributed by atoms with van der Waals surface area (Å²) in [4.78, 5) is 40.5. The predicted molar refractivity (Wildman–Crippen MR) is 90.7 cm³/mol. The minimum absolute atomic E-state index is 0.124. The molecule has 6 heteroatoms. The van der Waals surface area contributed by atoms with Gasteiger partial charge in [0.25, 0.3) is 0 Å². The summed E-state index contributed by atoms with van der Waals surface area (Å²) < 4.78 is 0. The Kier molecular flexibility index (Phi) is 3.92. The van der Waals surface area contributed by atoms with Crippen LogP contribution in [0.2, 0.25) is 0 Å². The Morgan fingerprint density at radius 2 is 1.64 bits per heavy atom. The van der Waals surface area contributed by atoms with Crippen LogP contribution in [0.4, 0.5) is 0 Å². The van der Waals surface area contributed by atoms with E-state index in [2.05, 4.69) is 0 Å². The standard InChI is InChI=1S/C19H21N3O3/c20-17(23)16-9-12-5-1-2-6-13(12)10-21(16)11-22-18(24)14-7-3-4-8-15(14)19(22)25/h1-6,14-16H,7-11H2,(H2,20,23)/t14-,15-,16+/m1/s1. The third kappa shape index (κ3) is 2.66. The number of carbonyl (C=O) groups excluding carboxylic acids is 3. The molecule has 0 spiro atoms. The van der Waals surface area contributed by atoms with Crippen molar-refractivity contribution in [3.05, 3.63) is 47.5 Å². The number of rotatable bonds is 3. The van der Waals surface area contributed by atoms with Gasteiger partial charge in [0, 0.05) is 6.54 Å². The first kappa shape index (κ1) is 16.0. The Balaban J connectivity index is 1.58. The van der Waals surface area contributed by atoms with Crippen LogP contribution in [0, 0.1) is 11.8 Å². The van der Waals surface area contributed by atoms with Crippen LogP contribution < -0.4 is 5.73 Å². The second kappa shape index (κ2) is 6.11. The molecule has 3 amide bonds. The lowest BCUT2D eigenvalue weighted by atomic mass is 9.85. The number of fused-ring (bicyclic) bond motifs is 2. The molecule has 2 N–H and O–H groups in total. The monoisotopic (exact) mass is 339 g/mol. The van der Waals surface area contributed by atoms with E-state index in [1.165, 1.54) is 4.90 Å². The van der Waals surface area contributed by atoms with Crippen molar-refractivity contribution in [1.29, 1.82) is 0 Å². The summed E-state index contributed by atoms with van der Waals surface area (Å²) in [5.74, 6) is -1.17. The van der Waals surface area contributed by atoms with Gasteiger partial charge in [-0.2, -0.15) is 0 Å². The largest absolute Gasteiger partial charge is 0.368 e. The second-order valence-electron chi connectivity index (χ2n) is 7.04. The molecule has 0 saturated carbocycles. The van der Waals surface area contributed by atoms with E-state index in [0.717, 1.165) is 11.1 Å². The van der Waals surface area contributed by atoms with Gasteiger partial charge in [0.1, 0.15) is 0 Å². The van der Waals surface area contributed by atoms with Crippen LogP contribution in [0.15, 0.2) is 36.4 Å². The van der Waals surface area contributed by atoms with Crippen LogP contribution in [-0.4, -0.2) is 40.2 Å². The number of benzene rings is 1. The zero-order valence-corrected chi connectivity index (χ0v) is 13.9. The molecule has 1 aliphatic carbocycles. The van der Waals surface area contributed by atoms with Crippen LogP contribution in [0.25, 0.3) is 0 Å². The van der Waals surface area contributed by atoms with E-state index in [-0.39, 0.29) is 30.3 Å². The molecular weight excluding hydrogens is 318 g/mol. The minimum atomic E-state index is -0.503. The highest BCUT2D eigenvalue weighted by molar-refractivity contribution is 6.05. The van der Waals surface area contributed by atoms with Crippen LogP contribution in [0.1, 0.15) is 24.0 Å². The summed E-state index contributed by atoms with van der Waals surface area (Å²) in [6.45, 7) is 0.640. The van der Waals surface area contributed by atoms with E-state index in [0.29, 0.717) is 25.8 Å². The fourth-order valence-corrected chi connectivity index (χ4v) is 4.20. The average Bonchev–Trinajstić information content (AvgIpc) is 2.86. The first-order valence-corrected chi connectivity index (χ1v) is 8.66. The van der Waals surface area contributed by atoms with E-state index >= 15 is 0 Å². The molecule has 130 valence electrons. The Labute approximate surface area is 146 Å². The molecule has 1 fully saturated rings. The lowest BCUT2D eigenvalue weighted by Gasteiger charge is -2.36. The number of primary amides is 1. The Bertz CT molecular complexity index is 747. The smallest absolute Gasteiger partial charge is 0.235 e. The predicted octanol–water partition coefficient (Wildman–Crippen LogP) is 0.807. The molecule has 4 rings (SSSR count). The average molecular weight is 339 g/mol. The van der Waals surface area contributed by atoms with Crippen molar-refractivity contribution < 1.29 is 14.4 Å². The van der Waals surface area contributed by atoms with Gasteiger partial charge >= 0.3 is 0 Å². The number of imide groups is 1. The summed E-state index contributed by atoms with van der Waals surface area (Å²) in [5, 5.41) is 0. The SMILES string of the molecule is NC(=O)[C@@H]1Cc2ccccc2CN1CN1C(=O)[C@@H]2CC=CC[C@H]2C1=O. The number of nitrogens with two attached hydrogens (primary N) is 1. The molecule has 3 atom stereocenters. The number of amides is 3. The summed E-state index contributed by atoms with van der Waals surface area (Å²) in [5.41, 5.74) is 7.80. The Morgan fingerprint density at radius 3 is 2.24 bits per heavy atom. The fourth-order valence-electron chi connectivity index (χ4n) is 4.20. The van der Waals surface area contributed by atoms with E-state index in [1.54, 1.807) is 0 Å². The van der Waals surface area contributed by atoms with Crippen molar-refractivity contribution in [1.82, 2.24) is 9.80 Å². The quantitative estimate of drug-likeness (QED) is 0.652. The van der Waals surface area contributed by atoms with Crippen molar-refractivity contribution in [3.8, 4) is 0 Å². The molecule has 6 nitrogen and oxygen atoms in total. The molecule has 0 bridgehead atoms. The van der Waals surface area contributed by atoms with Crippen LogP contribution in [0.3, 0.4) is 0 Å². The highest BCUT2D eigenvalue weighted by Crippen LogP contribution is 2.35. The maximum Gasteiger partial charge on any atom is 0.235 e. The van der Waals surface area contributed by atoms with Crippen LogP contribution >= 0.6 is 0 Å². The molecule has 2 heterocycles. The van der Waals surface area contributed by atoms with Gasteiger partial charge in [0.2, 0.25) is 17.7 Å². The van der Waals surface area contributed by atoms with Crippen molar-refractivity contribution in [3.63, 3.8) is 0 Å².